The summed E-state index contributed by atoms with van der Waals surface area (Å²) in [6.45, 7) is 0. The number of para-hydroxylation sites is 2. The van der Waals surface area contributed by atoms with Crippen LogP contribution in [0.5, 0.6) is 0 Å². The van der Waals surface area contributed by atoms with E-state index >= 15 is 0 Å². The van der Waals surface area contributed by atoms with Gasteiger partial charge in [-0.05, 0) is 50.0 Å². The monoisotopic (exact) mass is 659 g/mol. The summed E-state index contributed by atoms with van der Waals surface area (Å²) in [4.78, 5) is 15.9. The molecule has 2 aromatic carbocycles. The van der Waals surface area contributed by atoms with Crippen LogP contribution in [0.2, 0.25) is 15.3 Å². The Balaban J connectivity index is 0.000000226. The molecule has 5 N–H and O–H groups in total. The Hall–Kier alpha value is -3.31. The van der Waals surface area contributed by atoms with E-state index in [1.165, 1.54) is 38.6 Å². The third kappa shape index (κ3) is 8.36. The van der Waals surface area contributed by atoms with Gasteiger partial charge in [0.1, 0.15) is 19.8 Å². The largest absolute Gasteiger partial charge is 0.357 e. The van der Waals surface area contributed by atoms with Gasteiger partial charge in [0.15, 0.2) is 11.6 Å². The summed E-state index contributed by atoms with van der Waals surface area (Å²) in [7, 11) is -2.84. The molecule has 0 atom stereocenters. The van der Waals surface area contributed by atoms with Crippen LogP contribution >= 0.6 is 34.8 Å². The number of hydrogen-bond acceptors (Lipinski definition) is 11. The summed E-state index contributed by atoms with van der Waals surface area (Å²) < 4.78 is 52.3. The van der Waals surface area contributed by atoms with Gasteiger partial charge in [-0.25, -0.2) is 36.2 Å². The molecule has 0 unspecified atom stereocenters. The van der Waals surface area contributed by atoms with Crippen LogP contribution in [0.25, 0.3) is 0 Å². The van der Waals surface area contributed by atoms with Gasteiger partial charge in [0.05, 0.1) is 23.8 Å². The molecule has 0 amide bonds. The third-order valence-corrected chi connectivity index (χ3v) is 8.76. The minimum atomic E-state index is -3.60. The Morgan fingerprint density at radius 2 is 1.07 bits per heavy atom. The minimum Gasteiger partial charge on any atom is -0.357 e. The molecule has 0 radical (unpaired) electrons. The van der Waals surface area contributed by atoms with Crippen molar-refractivity contribution in [1.82, 2.24) is 29.4 Å². The molecule has 18 heteroatoms. The summed E-state index contributed by atoms with van der Waals surface area (Å²) in [6, 6.07) is 12.8. The van der Waals surface area contributed by atoms with Crippen molar-refractivity contribution >= 4 is 83.8 Å². The second-order valence-corrected chi connectivity index (χ2v) is 12.5. The SMILES string of the molecule is CNS(=O)(=O)c1ccccc1Nc1nc(Cl)ncc1Cl.CNc1ncc(Cl)c(Nc2ccccc2S(=O)(=O)NC)n1. The number of nitrogens with zero attached hydrogens (tertiary/aromatic N) is 4. The smallest absolute Gasteiger partial charge is 0.242 e. The molecular formula is C23H24Cl3N9O4S2. The fourth-order valence-electron chi connectivity index (χ4n) is 3.09. The summed E-state index contributed by atoms with van der Waals surface area (Å²) in [5.74, 6) is 0.913. The van der Waals surface area contributed by atoms with Crippen molar-refractivity contribution in [2.24, 2.45) is 0 Å². The Labute approximate surface area is 252 Å². The number of nitrogens with one attached hydrogen (secondary N) is 5. The van der Waals surface area contributed by atoms with Crippen LogP contribution in [0.1, 0.15) is 0 Å². The number of anilines is 5. The first-order chi connectivity index (χ1) is 19.4. The van der Waals surface area contributed by atoms with E-state index in [1.54, 1.807) is 43.4 Å². The van der Waals surface area contributed by atoms with Crippen LogP contribution in [-0.4, -0.2) is 57.9 Å². The molecule has 0 aliphatic heterocycles. The number of halogens is 3. The molecular weight excluding hydrogens is 637 g/mol. The Morgan fingerprint density at radius 1 is 0.634 bits per heavy atom. The highest BCUT2D eigenvalue weighted by atomic mass is 35.5. The standard InChI is InChI=1S/C12H14ClN5O2S.C11H10Cl2N4O2S/c1-14-12-16-7-8(13)11(18-12)17-9-5-3-4-6-10(9)21(19,20)15-2;1-14-20(18,19)9-5-3-2-4-8(9)16-10-7(12)6-15-11(13)17-10/h3-7,15H,1-2H3,(H2,14,16,17,18);2-6,14H,1H3,(H,15,16,17). The van der Waals surface area contributed by atoms with Crippen molar-refractivity contribution in [3.05, 3.63) is 76.3 Å². The molecule has 41 heavy (non-hydrogen) atoms. The summed E-state index contributed by atoms with van der Waals surface area (Å²) >= 11 is 17.6. The van der Waals surface area contributed by atoms with Crippen molar-refractivity contribution in [3.8, 4) is 0 Å². The first kappa shape index (κ1) is 32.2. The number of benzene rings is 2. The summed E-state index contributed by atoms with van der Waals surface area (Å²) in [5.41, 5.74) is 0.702. The van der Waals surface area contributed by atoms with Crippen LogP contribution < -0.4 is 25.4 Å². The van der Waals surface area contributed by atoms with E-state index in [0.29, 0.717) is 23.1 Å². The fraction of sp³-hybridized carbons (Fsp3) is 0.130. The molecule has 4 rings (SSSR count). The van der Waals surface area contributed by atoms with E-state index in [-0.39, 0.29) is 30.9 Å². The topological polar surface area (TPSA) is 180 Å². The van der Waals surface area contributed by atoms with E-state index in [1.807, 2.05) is 0 Å². The van der Waals surface area contributed by atoms with Gasteiger partial charge >= 0.3 is 0 Å². The first-order valence-electron chi connectivity index (χ1n) is 11.4. The first-order valence-corrected chi connectivity index (χ1v) is 15.5. The highest BCUT2D eigenvalue weighted by Crippen LogP contribution is 2.29. The summed E-state index contributed by atoms with van der Waals surface area (Å²) in [6.07, 6.45) is 2.76. The van der Waals surface area contributed by atoms with Gasteiger partial charge in [0.2, 0.25) is 31.3 Å². The van der Waals surface area contributed by atoms with Crippen LogP contribution in [-0.2, 0) is 20.0 Å². The molecule has 0 aliphatic carbocycles. The average molecular weight is 661 g/mol. The molecule has 0 saturated carbocycles. The van der Waals surface area contributed by atoms with Gasteiger partial charge in [-0.1, -0.05) is 47.5 Å². The lowest BCUT2D eigenvalue weighted by atomic mass is 10.3. The zero-order valence-corrected chi connectivity index (χ0v) is 25.5. The van der Waals surface area contributed by atoms with Gasteiger partial charge < -0.3 is 16.0 Å². The highest BCUT2D eigenvalue weighted by molar-refractivity contribution is 7.90. The Morgan fingerprint density at radius 3 is 1.54 bits per heavy atom. The maximum absolute atomic E-state index is 12.0. The maximum atomic E-state index is 12.0. The number of rotatable bonds is 9. The molecule has 4 aromatic rings. The maximum Gasteiger partial charge on any atom is 0.242 e. The van der Waals surface area contributed by atoms with Crippen molar-refractivity contribution < 1.29 is 16.8 Å². The molecule has 13 nitrogen and oxygen atoms in total. The Bertz CT molecular complexity index is 1740. The molecule has 218 valence electrons. The van der Waals surface area contributed by atoms with Gasteiger partial charge in [-0.15, -0.1) is 0 Å². The van der Waals surface area contributed by atoms with E-state index in [4.69, 9.17) is 34.8 Å². The number of aromatic nitrogens is 4. The minimum absolute atomic E-state index is 0.00542. The molecule has 0 spiro atoms. The van der Waals surface area contributed by atoms with Gasteiger partial charge in [0, 0.05) is 7.05 Å². The van der Waals surface area contributed by atoms with Gasteiger partial charge in [-0.3, -0.25) is 0 Å². The van der Waals surface area contributed by atoms with Crippen LogP contribution in [0.3, 0.4) is 0 Å². The van der Waals surface area contributed by atoms with Crippen LogP contribution in [0.4, 0.5) is 29.0 Å². The molecule has 0 saturated heterocycles. The lowest BCUT2D eigenvalue weighted by molar-refractivity contribution is 0.587. The van der Waals surface area contributed by atoms with Crippen LogP contribution in [0.15, 0.2) is 70.7 Å². The third-order valence-electron chi connectivity index (χ3n) is 5.08. The second-order valence-electron chi connectivity index (χ2n) is 7.63. The zero-order chi connectivity index (χ0) is 30.2. The fourth-order valence-corrected chi connectivity index (χ4v) is 5.27. The Kier molecular flexibility index (Phi) is 11.0. The highest BCUT2D eigenvalue weighted by Gasteiger charge is 2.18. The number of sulfonamides is 2. The van der Waals surface area contributed by atoms with Gasteiger partial charge in [-0.2, -0.15) is 9.97 Å². The van der Waals surface area contributed by atoms with Crippen molar-refractivity contribution in [2.75, 3.05) is 37.1 Å². The zero-order valence-electron chi connectivity index (χ0n) is 21.6. The molecule has 2 aromatic heterocycles. The average Bonchev–Trinajstić information content (AvgIpc) is 2.97. The molecule has 2 heterocycles. The quantitative estimate of drug-likeness (QED) is 0.162. The lowest BCUT2D eigenvalue weighted by Crippen LogP contribution is -2.19. The normalized spacial score (nSPS) is 11.3. The summed E-state index contributed by atoms with van der Waals surface area (Å²) in [5, 5.41) is 9.05. The van der Waals surface area contributed by atoms with E-state index in [2.05, 4.69) is 45.3 Å². The van der Waals surface area contributed by atoms with Crippen LogP contribution in [0, 0.1) is 0 Å². The predicted molar refractivity (Wildman–Crippen MR) is 161 cm³/mol. The molecule has 0 fully saturated rings. The van der Waals surface area contributed by atoms with E-state index in [9.17, 15) is 16.8 Å². The van der Waals surface area contributed by atoms with Gasteiger partial charge in [0.25, 0.3) is 0 Å². The van der Waals surface area contributed by atoms with E-state index < -0.39 is 20.0 Å². The number of hydrogen-bond donors (Lipinski definition) is 5. The lowest BCUT2D eigenvalue weighted by Gasteiger charge is -2.12. The van der Waals surface area contributed by atoms with Crippen molar-refractivity contribution in [1.29, 1.82) is 0 Å². The van der Waals surface area contributed by atoms with Crippen molar-refractivity contribution in [2.45, 2.75) is 9.79 Å². The van der Waals surface area contributed by atoms with E-state index in [0.717, 1.165) is 0 Å². The molecule has 0 bridgehead atoms. The second kappa shape index (κ2) is 14.0. The molecule has 0 aliphatic rings. The predicted octanol–water partition coefficient (Wildman–Crippen LogP) is 4.26. The van der Waals surface area contributed by atoms with Crippen molar-refractivity contribution in [3.63, 3.8) is 0 Å².